The van der Waals surface area contributed by atoms with Gasteiger partial charge in [-0.2, -0.15) is 5.10 Å². The van der Waals surface area contributed by atoms with Crippen molar-refractivity contribution < 1.29 is 19.4 Å². The van der Waals surface area contributed by atoms with Gasteiger partial charge in [0.25, 0.3) is 5.91 Å². The monoisotopic (exact) mass is 664 g/mol. The average Bonchev–Trinajstić information content (AvgIpc) is 3.64. The summed E-state index contributed by atoms with van der Waals surface area (Å²) in [5, 5.41) is 19.5. The van der Waals surface area contributed by atoms with E-state index >= 15 is 4.79 Å². The zero-order valence-electron chi connectivity index (χ0n) is 30.6. The first-order valence-electron chi connectivity index (χ1n) is 17.2. The molecule has 4 atom stereocenters. The molecule has 2 N–H and O–H groups in total. The van der Waals surface area contributed by atoms with Gasteiger partial charge in [-0.25, -0.2) is 9.48 Å². The summed E-state index contributed by atoms with van der Waals surface area (Å²) in [6, 6.07) is 22.0. The number of aryl methyl sites for hydroxylation is 1. The number of nitrogens with zero attached hydrogens (tertiary/aromatic N) is 3. The first-order valence-corrected chi connectivity index (χ1v) is 17.2. The molecule has 1 aliphatic rings. The zero-order valence-corrected chi connectivity index (χ0v) is 30.6. The zero-order chi connectivity index (χ0) is 35.8. The van der Waals surface area contributed by atoms with Crippen molar-refractivity contribution in [3.05, 3.63) is 113 Å². The van der Waals surface area contributed by atoms with E-state index in [1.54, 1.807) is 18.2 Å². The largest absolute Gasteiger partial charge is 0.496 e. The molecule has 260 valence electrons. The molecule has 0 radical (unpaired) electrons. The van der Waals surface area contributed by atoms with Crippen LogP contribution in [0, 0.1) is 18.3 Å². The number of aliphatic carboxylic acids is 1. The highest BCUT2D eigenvalue weighted by molar-refractivity contribution is 5.98. The second kappa shape index (κ2) is 13.8. The lowest BCUT2D eigenvalue weighted by molar-refractivity contribution is -0.144. The van der Waals surface area contributed by atoms with Crippen LogP contribution in [0.3, 0.4) is 0 Å². The number of likely N-dealkylation sites (tertiary alicyclic amines) is 1. The minimum atomic E-state index is -1.10. The van der Waals surface area contributed by atoms with E-state index in [9.17, 15) is 9.90 Å². The van der Waals surface area contributed by atoms with Gasteiger partial charge in [-0.3, -0.25) is 4.79 Å². The molecule has 8 nitrogen and oxygen atoms in total. The Bertz CT molecular complexity index is 1800. The molecule has 4 aromatic rings. The maximum atomic E-state index is 15.1. The third-order valence-electron chi connectivity index (χ3n) is 9.80. The summed E-state index contributed by atoms with van der Waals surface area (Å²) >= 11 is 0. The van der Waals surface area contributed by atoms with Crippen LogP contribution in [0.2, 0.25) is 0 Å². The van der Waals surface area contributed by atoms with Crippen molar-refractivity contribution in [1.82, 2.24) is 20.0 Å². The molecule has 8 heteroatoms. The molecule has 1 fully saturated rings. The Morgan fingerprint density at radius 2 is 1.65 bits per heavy atom. The highest BCUT2D eigenvalue weighted by Gasteiger charge is 2.58. The van der Waals surface area contributed by atoms with Crippen LogP contribution in [0.5, 0.6) is 5.75 Å². The van der Waals surface area contributed by atoms with Crippen LogP contribution in [-0.4, -0.2) is 50.9 Å². The molecule has 0 saturated carbocycles. The first-order chi connectivity index (χ1) is 23.0. The fourth-order valence-corrected chi connectivity index (χ4v) is 7.50. The van der Waals surface area contributed by atoms with Crippen molar-refractivity contribution in [1.29, 1.82) is 0 Å². The van der Waals surface area contributed by atoms with Gasteiger partial charge in [0, 0.05) is 24.1 Å². The fourth-order valence-electron chi connectivity index (χ4n) is 7.50. The van der Waals surface area contributed by atoms with Gasteiger partial charge >= 0.3 is 5.97 Å². The lowest BCUT2D eigenvalue weighted by Gasteiger charge is -2.35. The smallest absolute Gasteiger partial charge is 0.326 e. The summed E-state index contributed by atoms with van der Waals surface area (Å²) in [6.45, 7) is 19.3. The molecule has 5 rings (SSSR count). The fraction of sp³-hybridized carbons (Fsp3) is 0.439. The van der Waals surface area contributed by atoms with Gasteiger partial charge in [0.1, 0.15) is 11.8 Å². The topological polar surface area (TPSA) is 96.7 Å². The van der Waals surface area contributed by atoms with Crippen molar-refractivity contribution in [3.63, 3.8) is 0 Å². The average molecular weight is 665 g/mol. The van der Waals surface area contributed by atoms with Crippen LogP contribution >= 0.6 is 0 Å². The number of carboxylic acid groups (broad SMARTS) is 1. The molecule has 1 aromatic heterocycles. The molecule has 0 aliphatic carbocycles. The van der Waals surface area contributed by atoms with Gasteiger partial charge in [-0.1, -0.05) is 110 Å². The van der Waals surface area contributed by atoms with E-state index in [0.29, 0.717) is 12.1 Å². The molecule has 1 aliphatic heterocycles. The Morgan fingerprint density at radius 1 is 0.959 bits per heavy atom. The number of aromatic nitrogens is 2. The van der Waals surface area contributed by atoms with E-state index in [1.807, 2.05) is 86.1 Å². The molecular weight excluding hydrogens is 612 g/mol. The van der Waals surface area contributed by atoms with E-state index in [2.05, 4.69) is 59.0 Å². The van der Waals surface area contributed by atoms with Gasteiger partial charge in [0.15, 0.2) is 0 Å². The Kier molecular flexibility index (Phi) is 10.1. The molecular formula is C41H52N4O4. The van der Waals surface area contributed by atoms with Crippen molar-refractivity contribution in [2.75, 3.05) is 7.11 Å². The maximum absolute atomic E-state index is 15.1. The number of methoxy groups -OCH3 is 1. The Hall–Kier alpha value is -4.43. The molecule has 1 amide bonds. The number of ether oxygens (including phenoxy) is 1. The number of hydrogen-bond acceptors (Lipinski definition) is 5. The lowest BCUT2D eigenvalue weighted by Crippen LogP contribution is -2.48. The van der Waals surface area contributed by atoms with Gasteiger partial charge in [0.05, 0.1) is 36.3 Å². The van der Waals surface area contributed by atoms with Crippen LogP contribution < -0.4 is 10.1 Å². The maximum Gasteiger partial charge on any atom is 0.326 e. The third kappa shape index (κ3) is 7.16. The second-order valence-corrected chi connectivity index (χ2v) is 15.8. The van der Waals surface area contributed by atoms with Crippen molar-refractivity contribution in [2.24, 2.45) is 11.3 Å². The van der Waals surface area contributed by atoms with E-state index < -0.39 is 35.4 Å². The molecule has 2 heterocycles. The summed E-state index contributed by atoms with van der Waals surface area (Å²) in [7, 11) is 1.67. The highest BCUT2D eigenvalue weighted by atomic mass is 16.5. The number of carboxylic acids is 1. The van der Waals surface area contributed by atoms with Crippen LogP contribution in [0.1, 0.15) is 106 Å². The standard InChI is InChI=1S/C41H52N4O4/c1-25(2)35-31(24-43-45(35)30-18-14-15-26(3)21-30)38(46)44-36(27-16-12-11-13-17-27)34(33(41(7,8)9)37(44)39(47)48)42-23-28-22-29(40(4,5)6)19-20-32(28)49-10/h11-22,24-25,33-34,36-37,42H,23H2,1-10H3,(H,47,48)/t33-,34-,36-,37-/m0/s1. The van der Waals surface area contributed by atoms with Crippen molar-refractivity contribution in [3.8, 4) is 11.4 Å². The molecule has 3 aromatic carbocycles. The Morgan fingerprint density at radius 3 is 2.22 bits per heavy atom. The summed E-state index contributed by atoms with van der Waals surface area (Å²) in [5.74, 6) is -1.10. The van der Waals surface area contributed by atoms with Gasteiger partial charge in [-0.15, -0.1) is 0 Å². The third-order valence-corrected chi connectivity index (χ3v) is 9.80. The number of carbonyl (C=O) groups excluding carboxylic acids is 1. The number of benzene rings is 3. The molecule has 0 bridgehead atoms. The molecule has 1 saturated heterocycles. The lowest BCUT2D eigenvalue weighted by atomic mass is 9.72. The highest BCUT2D eigenvalue weighted by Crippen LogP contribution is 2.49. The number of amides is 1. The minimum Gasteiger partial charge on any atom is -0.496 e. The summed E-state index contributed by atoms with van der Waals surface area (Å²) in [5.41, 5.74) is 5.59. The van der Waals surface area contributed by atoms with E-state index in [4.69, 9.17) is 9.84 Å². The van der Waals surface area contributed by atoms with E-state index in [1.165, 1.54) is 5.56 Å². The summed E-state index contributed by atoms with van der Waals surface area (Å²) < 4.78 is 7.60. The van der Waals surface area contributed by atoms with Gasteiger partial charge < -0.3 is 20.1 Å². The van der Waals surface area contributed by atoms with Gasteiger partial charge in [-0.05, 0) is 58.6 Å². The number of hydrogen-bond donors (Lipinski definition) is 2. The van der Waals surface area contributed by atoms with Crippen LogP contribution in [0.25, 0.3) is 5.69 Å². The van der Waals surface area contributed by atoms with Crippen molar-refractivity contribution >= 4 is 11.9 Å². The van der Waals surface area contributed by atoms with Gasteiger partial charge in [0.2, 0.25) is 0 Å². The van der Waals surface area contributed by atoms with Crippen LogP contribution in [0.4, 0.5) is 0 Å². The number of rotatable bonds is 9. The van der Waals surface area contributed by atoms with Crippen LogP contribution in [-0.2, 0) is 16.8 Å². The summed E-state index contributed by atoms with van der Waals surface area (Å²) in [6.07, 6.45) is 1.61. The first kappa shape index (κ1) is 35.9. The molecule has 0 spiro atoms. The quantitative estimate of drug-likeness (QED) is 0.188. The normalized spacial score (nSPS) is 19.8. The Balaban J connectivity index is 1.67. The van der Waals surface area contributed by atoms with Crippen molar-refractivity contribution in [2.45, 2.75) is 98.3 Å². The SMILES string of the molecule is COc1ccc(C(C)(C)C)cc1CN[C@H]1[C@H](C(C)(C)C)[C@@H](C(=O)O)N(C(=O)c2cnn(-c3cccc(C)c3)c2C(C)C)[C@H]1c1ccccc1. The predicted molar refractivity (Wildman–Crippen MR) is 194 cm³/mol. The van der Waals surface area contributed by atoms with E-state index in [-0.39, 0.29) is 17.2 Å². The number of nitrogens with one attached hydrogen (secondary N) is 1. The number of carbonyl (C=O) groups is 2. The molecule has 0 unspecified atom stereocenters. The summed E-state index contributed by atoms with van der Waals surface area (Å²) in [4.78, 5) is 30.2. The van der Waals surface area contributed by atoms with Crippen LogP contribution in [0.15, 0.2) is 79.0 Å². The second-order valence-electron chi connectivity index (χ2n) is 15.8. The minimum absolute atomic E-state index is 0.0575. The predicted octanol–water partition coefficient (Wildman–Crippen LogP) is 8.08. The molecule has 49 heavy (non-hydrogen) atoms. The van der Waals surface area contributed by atoms with E-state index in [0.717, 1.165) is 33.8 Å². The Labute approximate surface area is 291 Å².